The molecule has 2 amide bonds. The Labute approximate surface area is 135 Å². The van der Waals surface area contributed by atoms with E-state index in [9.17, 15) is 19.7 Å². The third-order valence-electron chi connectivity index (χ3n) is 2.83. The monoisotopic (exact) mass is 335 g/mol. The Balaban J connectivity index is 2.17. The highest BCUT2D eigenvalue weighted by molar-refractivity contribution is 7.17. The molecule has 0 atom stereocenters. The fraction of sp³-hybridized carbons (Fsp3) is 0.143. The lowest BCUT2D eigenvalue weighted by molar-refractivity contribution is -0.380. The van der Waals surface area contributed by atoms with E-state index in [1.165, 1.54) is 0 Å². The number of carbonyl (C=O) groups excluding carboxylic acids is 2. The van der Waals surface area contributed by atoms with E-state index in [1.54, 1.807) is 12.1 Å². The van der Waals surface area contributed by atoms with Gasteiger partial charge in [0.15, 0.2) is 0 Å². The number of aryl methyl sites for hydroxylation is 1. The molecule has 1 aromatic heterocycles. The van der Waals surface area contributed by atoms with Gasteiger partial charge in [0.1, 0.15) is 4.88 Å². The zero-order chi connectivity index (χ0) is 17.0. The first-order valence-electron chi connectivity index (χ1n) is 6.42. The molecule has 23 heavy (non-hydrogen) atoms. The van der Waals surface area contributed by atoms with Crippen molar-refractivity contribution in [2.45, 2.75) is 6.92 Å². The number of methoxy groups -OCH3 is 1. The maximum Gasteiger partial charge on any atom is 0.350 e. The van der Waals surface area contributed by atoms with E-state index < -0.39 is 16.9 Å². The summed E-state index contributed by atoms with van der Waals surface area (Å²) in [5.41, 5.74) is 1.62. The molecule has 0 fully saturated rings. The lowest BCUT2D eigenvalue weighted by atomic mass is 10.2. The summed E-state index contributed by atoms with van der Waals surface area (Å²) in [7, 11) is 1.16. The molecule has 1 heterocycles. The number of nitrogens with one attached hydrogen (secondary N) is 2. The largest absolute Gasteiger partial charge is 0.465 e. The van der Waals surface area contributed by atoms with Gasteiger partial charge in [-0.2, -0.15) is 0 Å². The van der Waals surface area contributed by atoms with Crippen molar-refractivity contribution in [2.75, 3.05) is 17.7 Å². The minimum absolute atomic E-state index is 0.0261. The van der Waals surface area contributed by atoms with Crippen molar-refractivity contribution in [3.8, 4) is 0 Å². The number of ether oxygens (including phenoxy) is 1. The van der Waals surface area contributed by atoms with E-state index in [4.69, 9.17) is 0 Å². The van der Waals surface area contributed by atoms with Gasteiger partial charge in [0.05, 0.1) is 23.8 Å². The number of urea groups is 1. The summed E-state index contributed by atoms with van der Waals surface area (Å²) in [5, 5.41) is 15.5. The van der Waals surface area contributed by atoms with Crippen LogP contribution in [0.1, 0.15) is 15.2 Å². The number of thiophene rings is 1. The number of nitrogens with zero attached hydrogens (tertiary/aromatic N) is 1. The van der Waals surface area contributed by atoms with Gasteiger partial charge in [0, 0.05) is 5.69 Å². The minimum atomic E-state index is -0.756. The quantitative estimate of drug-likeness (QED) is 0.505. The predicted molar refractivity (Wildman–Crippen MR) is 86.1 cm³/mol. The lowest BCUT2D eigenvalue weighted by Gasteiger charge is -2.07. The molecule has 2 N–H and O–H groups in total. The van der Waals surface area contributed by atoms with Crippen LogP contribution in [0.3, 0.4) is 0 Å². The third-order valence-corrected chi connectivity index (χ3v) is 3.89. The molecule has 0 aliphatic rings. The van der Waals surface area contributed by atoms with Crippen LogP contribution in [0.5, 0.6) is 0 Å². The van der Waals surface area contributed by atoms with E-state index in [-0.39, 0.29) is 15.6 Å². The summed E-state index contributed by atoms with van der Waals surface area (Å²) in [6.45, 7) is 1.91. The highest BCUT2D eigenvalue weighted by Crippen LogP contribution is 2.33. The first-order valence-corrected chi connectivity index (χ1v) is 7.23. The molecular weight excluding hydrogens is 322 g/mol. The molecule has 0 radical (unpaired) electrons. The van der Waals surface area contributed by atoms with Crippen molar-refractivity contribution < 1.29 is 19.2 Å². The van der Waals surface area contributed by atoms with Crippen LogP contribution in [0, 0.1) is 17.0 Å². The van der Waals surface area contributed by atoms with Crippen LogP contribution in [0.15, 0.2) is 30.3 Å². The Kier molecular flexibility index (Phi) is 4.91. The molecule has 0 aliphatic heterocycles. The van der Waals surface area contributed by atoms with Crippen molar-refractivity contribution in [3.05, 3.63) is 50.9 Å². The molecule has 1 aromatic carbocycles. The molecule has 0 unspecified atom stereocenters. The number of benzene rings is 1. The van der Waals surface area contributed by atoms with Gasteiger partial charge in [-0.15, -0.1) is 0 Å². The Morgan fingerprint density at radius 1 is 1.22 bits per heavy atom. The van der Waals surface area contributed by atoms with Crippen LogP contribution in [-0.4, -0.2) is 24.0 Å². The molecule has 0 spiro atoms. The topological polar surface area (TPSA) is 111 Å². The number of anilines is 2. The van der Waals surface area contributed by atoms with Gasteiger partial charge in [-0.3, -0.25) is 10.1 Å². The lowest BCUT2D eigenvalue weighted by Crippen LogP contribution is -2.20. The maximum absolute atomic E-state index is 12.0. The fourth-order valence-electron chi connectivity index (χ4n) is 1.73. The van der Waals surface area contributed by atoms with E-state index in [2.05, 4.69) is 15.4 Å². The smallest absolute Gasteiger partial charge is 0.350 e. The number of carbonyl (C=O) groups is 2. The van der Waals surface area contributed by atoms with Gasteiger partial charge in [-0.1, -0.05) is 29.0 Å². The average Bonchev–Trinajstić information content (AvgIpc) is 2.93. The Morgan fingerprint density at radius 2 is 1.87 bits per heavy atom. The van der Waals surface area contributed by atoms with Crippen molar-refractivity contribution >= 4 is 39.7 Å². The molecule has 2 rings (SSSR count). The summed E-state index contributed by atoms with van der Waals surface area (Å²) in [6, 6.07) is 7.58. The average molecular weight is 335 g/mol. The molecule has 2 aromatic rings. The molecular formula is C14H13N3O5S. The second-order valence-electron chi connectivity index (χ2n) is 4.52. The standard InChI is InChI=1S/C14H13N3O5S/c1-8-3-5-9(6-4-8)15-14(19)16-10-7-11(17(20)21)23-12(10)13(18)22-2/h3-7H,1-2H3,(H2,15,16,19). The first-order chi connectivity index (χ1) is 10.9. The Morgan fingerprint density at radius 3 is 2.43 bits per heavy atom. The highest BCUT2D eigenvalue weighted by atomic mass is 32.1. The summed E-state index contributed by atoms with van der Waals surface area (Å²) < 4.78 is 4.56. The molecule has 0 aliphatic carbocycles. The normalized spacial score (nSPS) is 10.0. The van der Waals surface area contributed by atoms with Crippen LogP contribution in [0.25, 0.3) is 0 Å². The van der Waals surface area contributed by atoms with Gasteiger partial charge in [0.2, 0.25) is 0 Å². The van der Waals surface area contributed by atoms with Crippen LogP contribution in [-0.2, 0) is 4.74 Å². The predicted octanol–water partition coefficient (Wildman–Crippen LogP) is 3.40. The third kappa shape index (κ3) is 4.04. The number of hydrogen-bond acceptors (Lipinski definition) is 6. The van der Waals surface area contributed by atoms with Crippen LogP contribution < -0.4 is 10.6 Å². The van der Waals surface area contributed by atoms with Crippen LogP contribution in [0.4, 0.5) is 21.2 Å². The fourth-order valence-corrected chi connectivity index (χ4v) is 2.57. The molecule has 0 bridgehead atoms. The SMILES string of the molecule is COC(=O)c1sc([N+](=O)[O-])cc1NC(=O)Nc1ccc(C)cc1. The maximum atomic E-state index is 12.0. The minimum Gasteiger partial charge on any atom is -0.465 e. The van der Waals surface area contributed by atoms with Crippen LogP contribution >= 0.6 is 11.3 Å². The number of rotatable bonds is 4. The van der Waals surface area contributed by atoms with Crippen LogP contribution in [0.2, 0.25) is 0 Å². The second-order valence-corrected chi connectivity index (χ2v) is 5.55. The summed E-state index contributed by atoms with van der Waals surface area (Å²) in [5.74, 6) is -0.756. The van der Waals surface area contributed by atoms with E-state index in [0.717, 1.165) is 18.7 Å². The summed E-state index contributed by atoms with van der Waals surface area (Å²) in [6.07, 6.45) is 0. The molecule has 0 saturated heterocycles. The number of esters is 1. The highest BCUT2D eigenvalue weighted by Gasteiger charge is 2.23. The van der Waals surface area contributed by atoms with Crippen molar-refractivity contribution in [1.29, 1.82) is 0 Å². The molecule has 8 nitrogen and oxygen atoms in total. The molecule has 9 heteroatoms. The molecule has 120 valence electrons. The summed E-state index contributed by atoms with van der Waals surface area (Å²) in [4.78, 5) is 33.8. The van der Waals surface area contributed by atoms with Gasteiger partial charge in [0.25, 0.3) is 0 Å². The summed E-state index contributed by atoms with van der Waals surface area (Å²) >= 11 is 0.634. The number of amides is 2. The van der Waals surface area contributed by atoms with Gasteiger partial charge >= 0.3 is 17.0 Å². The van der Waals surface area contributed by atoms with Crippen molar-refractivity contribution in [2.24, 2.45) is 0 Å². The van der Waals surface area contributed by atoms with Crippen molar-refractivity contribution in [3.63, 3.8) is 0 Å². The first kappa shape index (κ1) is 16.4. The van der Waals surface area contributed by atoms with Crippen molar-refractivity contribution in [1.82, 2.24) is 0 Å². The zero-order valence-corrected chi connectivity index (χ0v) is 13.1. The van der Waals surface area contributed by atoms with E-state index in [1.807, 2.05) is 19.1 Å². The second kappa shape index (κ2) is 6.88. The number of nitro groups is 1. The number of hydrogen-bond donors (Lipinski definition) is 2. The zero-order valence-electron chi connectivity index (χ0n) is 12.3. The Hall–Kier alpha value is -2.94. The van der Waals surface area contributed by atoms with Gasteiger partial charge < -0.3 is 15.4 Å². The van der Waals surface area contributed by atoms with E-state index >= 15 is 0 Å². The van der Waals surface area contributed by atoms with Gasteiger partial charge in [-0.25, -0.2) is 9.59 Å². The van der Waals surface area contributed by atoms with Gasteiger partial charge in [-0.05, 0) is 19.1 Å². The molecule has 0 saturated carbocycles. The van der Waals surface area contributed by atoms with E-state index in [0.29, 0.717) is 17.0 Å². The Bertz CT molecular complexity index is 754.